The van der Waals surface area contributed by atoms with Gasteiger partial charge in [0.1, 0.15) is 5.84 Å². The molecular formula is C26H54N2S. The molecule has 0 saturated heterocycles. The lowest BCUT2D eigenvalue weighted by atomic mass is 10.1. The third kappa shape index (κ3) is 19.5. The molecule has 0 fully saturated rings. The average molecular weight is 427 g/mol. The van der Waals surface area contributed by atoms with Gasteiger partial charge in [0, 0.05) is 25.3 Å². The van der Waals surface area contributed by atoms with E-state index < -0.39 is 0 Å². The predicted octanol–water partition coefficient (Wildman–Crippen LogP) is 9.44. The summed E-state index contributed by atoms with van der Waals surface area (Å²) >= 11 is 2.07. The molecule has 0 saturated carbocycles. The van der Waals surface area contributed by atoms with E-state index in [0.717, 1.165) is 13.0 Å². The van der Waals surface area contributed by atoms with Gasteiger partial charge in [-0.1, -0.05) is 111 Å². The number of amidine groups is 1. The minimum absolute atomic E-state index is 1.03. The van der Waals surface area contributed by atoms with Crippen LogP contribution in [-0.2, 0) is 0 Å². The van der Waals surface area contributed by atoms with Gasteiger partial charge in [-0.25, -0.2) is 0 Å². The van der Waals surface area contributed by atoms with Gasteiger partial charge in [0.25, 0.3) is 0 Å². The molecule has 29 heavy (non-hydrogen) atoms. The molecule has 0 spiro atoms. The number of nitrogens with zero attached hydrogens (tertiary/aromatic N) is 2. The molecule has 0 aliphatic rings. The third-order valence-corrected chi connectivity index (χ3v) is 6.70. The van der Waals surface area contributed by atoms with Gasteiger partial charge >= 0.3 is 0 Å². The smallest absolute Gasteiger partial charge is 0.109 e. The molecule has 0 aromatic carbocycles. The summed E-state index contributed by atoms with van der Waals surface area (Å²) in [5, 5.41) is 0. The van der Waals surface area contributed by atoms with E-state index in [0.29, 0.717) is 0 Å². The van der Waals surface area contributed by atoms with Crippen molar-refractivity contribution in [3.63, 3.8) is 0 Å². The van der Waals surface area contributed by atoms with Crippen LogP contribution in [0.3, 0.4) is 0 Å². The molecule has 0 rings (SSSR count). The molecule has 0 N–H and O–H groups in total. The quantitative estimate of drug-likeness (QED) is 0.0741. The highest BCUT2D eigenvalue weighted by atomic mass is 32.2. The van der Waals surface area contributed by atoms with E-state index in [9.17, 15) is 0 Å². The molecule has 0 aromatic rings. The van der Waals surface area contributed by atoms with Crippen LogP contribution in [0.1, 0.15) is 143 Å². The van der Waals surface area contributed by atoms with Crippen LogP contribution in [0.4, 0.5) is 0 Å². The van der Waals surface area contributed by atoms with Crippen molar-refractivity contribution in [3.8, 4) is 0 Å². The molecule has 0 heterocycles. The third-order valence-electron chi connectivity index (χ3n) is 5.53. The molecule has 0 aliphatic heterocycles. The second-order valence-corrected chi connectivity index (χ2v) is 9.69. The monoisotopic (exact) mass is 426 g/mol. The summed E-state index contributed by atoms with van der Waals surface area (Å²) in [6.07, 6.45) is 24.2. The zero-order chi connectivity index (χ0) is 21.4. The summed E-state index contributed by atoms with van der Waals surface area (Å²) in [5.41, 5.74) is 0. The van der Waals surface area contributed by atoms with Crippen molar-refractivity contribution < 1.29 is 0 Å². The van der Waals surface area contributed by atoms with Crippen molar-refractivity contribution >= 4 is 17.8 Å². The number of aliphatic imine (C=N–C) groups is 1. The average Bonchev–Trinajstić information content (AvgIpc) is 2.73. The lowest BCUT2D eigenvalue weighted by molar-refractivity contribution is 0.561. The Kier molecular flexibility index (Phi) is 23.9. The summed E-state index contributed by atoms with van der Waals surface area (Å²) in [4.78, 5) is 5.06. The summed E-state index contributed by atoms with van der Waals surface area (Å²) in [5.74, 6) is 2.64. The molecule has 0 unspecified atom stereocenters. The minimum atomic E-state index is 1.03. The highest BCUT2D eigenvalue weighted by Crippen LogP contribution is 2.19. The largest absolute Gasteiger partial charge is 0.304 e. The van der Waals surface area contributed by atoms with Gasteiger partial charge in [-0.2, -0.15) is 0 Å². The lowest BCUT2D eigenvalue weighted by Crippen LogP contribution is -2.26. The van der Waals surface area contributed by atoms with Crippen LogP contribution >= 0.6 is 11.9 Å². The van der Waals surface area contributed by atoms with Gasteiger partial charge < -0.3 is 4.31 Å². The molecule has 3 heteroatoms. The number of hydrogen-bond donors (Lipinski definition) is 0. The Morgan fingerprint density at radius 2 is 1.10 bits per heavy atom. The first-order chi connectivity index (χ1) is 14.3. The van der Waals surface area contributed by atoms with Gasteiger partial charge in [-0.15, -0.1) is 0 Å². The topological polar surface area (TPSA) is 15.6 Å². The van der Waals surface area contributed by atoms with Crippen LogP contribution in [0, 0.1) is 0 Å². The van der Waals surface area contributed by atoms with E-state index >= 15 is 0 Å². The Morgan fingerprint density at radius 1 is 0.586 bits per heavy atom. The maximum absolute atomic E-state index is 5.06. The summed E-state index contributed by atoms with van der Waals surface area (Å²) in [6.45, 7) is 11.4. The van der Waals surface area contributed by atoms with Crippen LogP contribution < -0.4 is 0 Å². The zero-order valence-corrected chi connectivity index (χ0v) is 21.5. The van der Waals surface area contributed by atoms with E-state index in [1.807, 2.05) is 0 Å². The number of hydrogen-bond acceptors (Lipinski definition) is 2. The van der Waals surface area contributed by atoms with Crippen LogP contribution in [0.5, 0.6) is 0 Å². The Hall–Kier alpha value is -0.180. The highest BCUT2D eigenvalue weighted by molar-refractivity contribution is 7.97. The van der Waals surface area contributed by atoms with Gasteiger partial charge in [0.15, 0.2) is 0 Å². The van der Waals surface area contributed by atoms with Crippen LogP contribution in [0.15, 0.2) is 4.99 Å². The Morgan fingerprint density at radius 3 is 1.69 bits per heavy atom. The van der Waals surface area contributed by atoms with E-state index in [4.69, 9.17) is 4.99 Å². The van der Waals surface area contributed by atoms with Gasteiger partial charge in [0.2, 0.25) is 0 Å². The number of unbranched alkanes of at least 4 members (excludes halogenated alkanes) is 13. The van der Waals surface area contributed by atoms with Gasteiger partial charge in [-0.3, -0.25) is 4.99 Å². The fourth-order valence-corrected chi connectivity index (χ4v) is 4.72. The van der Waals surface area contributed by atoms with E-state index in [2.05, 4.69) is 43.9 Å². The van der Waals surface area contributed by atoms with Gasteiger partial charge in [0.05, 0.1) is 0 Å². The Bertz CT molecular complexity index is 344. The van der Waals surface area contributed by atoms with Crippen LogP contribution in [-0.4, -0.2) is 29.0 Å². The molecule has 0 bridgehead atoms. The normalized spacial score (nSPS) is 11.9. The van der Waals surface area contributed by atoms with Crippen molar-refractivity contribution in [1.82, 2.24) is 4.31 Å². The lowest BCUT2D eigenvalue weighted by Gasteiger charge is -2.25. The first kappa shape index (κ1) is 28.8. The van der Waals surface area contributed by atoms with Gasteiger partial charge in [-0.05, 0) is 37.6 Å². The molecule has 0 amide bonds. The second kappa shape index (κ2) is 24.1. The standard InChI is InChI=1S/C26H54N2S/c1-5-9-12-15-16-17-18-21-25-29-28(24-20-14-11-7-3)26(22-8-4)27-23-19-13-10-6-2/h5-25H2,1-4H3/b27-26+. The first-order valence-electron chi connectivity index (χ1n) is 13.2. The molecule has 2 nitrogen and oxygen atoms in total. The Labute approximate surface area is 189 Å². The maximum atomic E-state index is 5.06. The molecule has 0 aliphatic carbocycles. The van der Waals surface area contributed by atoms with Crippen molar-refractivity contribution in [2.75, 3.05) is 18.8 Å². The predicted molar refractivity (Wildman–Crippen MR) is 137 cm³/mol. The maximum Gasteiger partial charge on any atom is 0.109 e. The van der Waals surface area contributed by atoms with E-state index in [1.165, 1.54) is 127 Å². The second-order valence-electron chi connectivity index (χ2n) is 8.58. The van der Waals surface area contributed by atoms with Crippen molar-refractivity contribution in [3.05, 3.63) is 0 Å². The fourth-order valence-electron chi connectivity index (χ4n) is 3.61. The summed E-state index contributed by atoms with van der Waals surface area (Å²) in [7, 11) is 0. The molecular weight excluding hydrogens is 372 g/mol. The zero-order valence-electron chi connectivity index (χ0n) is 20.7. The number of rotatable bonds is 22. The van der Waals surface area contributed by atoms with Crippen molar-refractivity contribution in [2.24, 2.45) is 4.99 Å². The van der Waals surface area contributed by atoms with E-state index in [-0.39, 0.29) is 0 Å². The molecule has 0 atom stereocenters. The molecule has 174 valence electrons. The highest BCUT2D eigenvalue weighted by Gasteiger charge is 2.11. The molecule has 0 aromatic heterocycles. The van der Waals surface area contributed by atoms with Crippen molar-refractivity contribution in [2.45, 2.75) is 143 Å². The summed E-state index contributed by atoms with van der Waals surface area (Å²) < 4.78 is 2.58. The van der Waals surface area contributed by atoms with Crippen molar-refractivity contribution in [1.29, 1.82) is 0 Å². The molecule has 0 radical (unpaired) electrons. The van der Waals surface area contributed by atoms with Crippen LogP contribution in [0.2, 0.25) is 0 Å². The summed E-state index contributed by atoms with van der Waals surface area (Å²) in [6, 6.07) is 0. The first-order valence-corrected chi connectivity index (χ1v) is 14.2. The van der Waals surface area contributed by atoms with Crippen LogP contribution in [0.25, 0.3) is 0 Å². The fraction of sp³-hybridized carbons (Fsp3) is 0.962. The Balaban J connectivity index is 4.34. The van der Waals surface area contributed by atoms with E-state index in [1.54, 1.807) is 0 Å². The SMILES string of the molecule is CCCCCCCCCCSN(CCCCCC)/C(CCC)=N/CCCCCC. The minimum Gasteiger partial charge on any atom is -0.304 e.